The van der Waals surface area contributed by atoms with Crippen LogP contribution in [0.1, 0.15) is 16.8 Å². The molecule has 0 atom stereocenters. The molecule has 86 valence electrons. The number of nitrogens with two attached hydrogens (primary N) is 1. The summed E-state index contributed by atoms with van der Waals surface area (Å²) in [6.45, 7) is -0.170. The van der Waals surface area contributed by atoms with Gasteiger partial charge in [-0.2, -0.15) is 0 Å². The number of aliphatic carboxylic acids is 1. The molecule has 0 heterocycles. The minimum Gasteiger partial charge on any atom is -0.481 e. The van der Waals surface area contributed by atoms with Crippen molar-refractivity contribution in [3.63, 3.8) is 0 Å². The van der Waals surface area contributed by atoms with Crippen LogP contribution >= 0.6 is 11.6 Å². The van der Waals surface area contributed by atoms with E-state index in [0.29, 0.717) is 5.02 Å². The van der Waals surface area contributed by atoms with E-state index in [0.717, 1.165) is 0 Å². The maximum absolute atomic E-state index is 11.4. The Labute approximate surface area is 96.8 Å². The second-order valence-corrected chi connectivity index (χ2v) is 3.42. The first-order valence-electron chi connectivity index (χ1n) is 4.44. The Morgan fingerprint density at radius 2 is 2.12 bits per heavy atom. The number of anilines is 1. The summed E-state index contributed by atoms with van der Waals surface area (Å²) in [5.41, 5.74) is 6.02. The Bertz CT molecular complexity index is 419. The molecule has 0 bridgehead atoms. The van der Waals surface area contributed by atoms with Crippen LogP contribution < -0.4 is 5.73 Å². The van der Waals surface area contributed by atoms with Crippen molar-refractivity contribution < 1.29 is 19.4 Å². The number of hydrogen-bond donors (Lipinski definition) is 2. The predicted molar refractivity (Wildman–Crippen MR) is 58.4 cm³/mol. The Morgan fingerprint density at radius 3 is 2.69 bits per heavy atom. The third kappa shape index (κ3) is 3.43. The van der Waals surface area contributed by atoms with E-state index < -0.39 is 11.9 Å². The predicted octanol–water partition coefficient (Wildman–Crippen LogP) is 1.55. The van der Waals surface area contributed by atoms with E-state index in [2.05, 4.69) is 0 Å². The highest BCUT2D eigenvalue weighted by molar-refractivity contribution is 6.33. The first kappa shape index (κ1) is 12.3. The number of carboxylic acid groups (broad SMARTS) is 1. The zero-order valence-electron chi connectivity index (χ0n) is 8.27. The lowest BCUT2D eigenvalue weighted by atomic mass is 10.2. The lowest BCUT2D eigenvalue weighted by Gasteiger charge is -2.04. The number of carboxylic acids is 1. The molecule has 0 spiro atoms. The Kier molecular flexibility index (Phi) is 4.13. The number of carbonyl (C=O) groups is 2. The summed E-state index contributed by atoms with van der Waals surface area (Å²) in [5, 5.41) is 8.70. The van der Waals surface area contributed by atoms with Crippen LogP contribution in [0.2, 0.25) is 5.02 Å². The molecule has 0 saturated heterocycles. The molecule has 5 nitrogen and oxygen atoms in total. The second-order valence-electron chi connectivity index (χ2n) is 3.02. The molecule has 1 aromatic rings. The molecule has 1 rings (SSSR count). The van der Waals surface area contributed by atoms with Crippen LogP contribution in [0.3, 0.4) is 0 Å². The lowest BCUT2D eigenvalue weighted by molar-refractivity contribution is -0.137. The van der Waals surface area contributed by atoms with Gasteiger partial charge in [-0.05, 0) is 18.2 Å². The molecule has 0 radical (unpaired) electrons. The Morgan fingerprint density at radius 1 is 1.44 bits per heavy atom. The van der Waals surface area contributed by atoms with Crippen molar-refractivity contribution in [1.82, 2.24) is 0 Å². The molecule has 0 fully saturated rings. The zero-order chi connectivity index (χ0) is 12.1. The van der Waals surface area contributed by atoms with Gasteiger partial charge in [0, 0.05) is 0 Å². The maximum atomic E-state index is 11.4. The zero-order valence-corrected chi connectivity index (χ0v) is 9.03. The van der Waals surface area contributed by atoms with Crippen molar-refractivity contribution in [2.75, 3.05) is 12.3 Å². The second kappa shape index (κ2) is 5.37. The van der Waals surface area contributed by atoms with E-state index in [1.165, 1.54) is 18.2 Å². The van der Waals surface area contributed by atoms with E-state index in [1.807, 2.05) is 0 Å². The minimum atomic E-state index is -1.02. The van der Waals surface area contributed by atoms with E-state index in [-0.39, 0.29) is 24.3 Å². The van der Waals surface area contributed by atoms with Gasteiger partial charge in [0.1, 0.15) is 6.61 Å². The maximum Gasteiger partial charge on any atom is 0.338 e. The van der Waals surface area contributed by atoms with Gasteiger partial charge in [0.2, 0.25) is 0 Å². The molecule has 0 amide bonds. The van der Waals surface area contributed by atoms with Gasteiger partial charge in [-0.3, -0.25) is 4.79 Å². The number of rotatable bonds is 4. The third-order valence-electron chi connectivity index (χ3n) is 1.78. The fraction of sp³-hybridized carbons (Fsp3) is 0.200. The van der Waals surface area contributed by atoms with E-state index >= 15 is 0 Å². The number of hydrogen-bond acceptors (Lipinski definition) is 4. The van der Waals surface area contributed by atoms with Gasteiger partial charge < -0.3 is 15.6 Å². The Hall–Kier alpha value is -1.75. The van der Waals surface area contributed by atoms with Crippen molar-refractivity contribution in [3.05, 3.63) is 28.8 Å². The number of nitrogen functional groups attached to an aromatic ring is 1. The minimum absolute atomic E-state index is 0.170. The number of esters is 1. The molecule has 0 unspecified atom stereocenters. The summed E-state index contributed by atoms with van der Waals surface area (Å²) in [6, 6.07) is 4.32. The van der Waals surface area contributed by atoms with Crippen LogP contribution in [0.15, 0.2) is 18.2 Å². The summed E-state index contributed by atoms with van der Waals surface area (Å²) in [4.78, 5) is 21.6. The van der Waals surface area contributed by atoms with Crippen LogP contribution in [0.5, 0.6) is 0 Å². The van der Waals surface area contributed by atoms with Crippen LogP contribution in [0.25, 0.3) is 0 Å². The molecule has 0 aliphatic carbocycles. The number of benzene rings is 1. The van der Waals surface area contributed by atoms with Gasteiger partial charge in [0.05, 0.1) is 22.7 Å². The quantitative estimate of drug-likeness (QED) is 0.619. The fourth-order valence-electron chi connectivity index (χ4n) is 0.985. The molecular formula is C10H10ClNO4. The largest absolute Gasteiger partial charge is 0.481 e. The van der Waals surface area contributed by atoms with Gasteiger partial charge >= 0.3 is 11.9 Å². The fourth-order valence-corrected chi connectivity index (χ4v) is 1.10. The van der Waals surface area contributed by atoms with Crippen LogP contribution in [-0.4, -0.2) is 23.7 Å². The number of ether oxygens (including phenoxy) is 1. The first-order chi connectivity index (χ1) is 7.50. The van der Waals surface area contributed by atoms with E-state index in [9.17, 15) is 9.59 Å². The molecule has 0 aliphatic rings. The number of carbonyl (C=O) groups excluding carboxylic acids is 1. The summed E-state index contributed by atoms with van der Waals surface area (Å²) < 4.78 is 4.72. The molecule has 16 heavy (non-hydrogen) atoms. The van der Waals surface area contributed by atoms with Crippen LogP contribution in [0, 0.1) is 0 Å². The van der Waals surface area contributed by atoms with E-state index in [1.54, 1.807) is 0 Å². The smallest absolute Gasteiger partial charge is 0.338 e. The molecule has 1 aromatic carbocycles. The third-order valence-corrected chi connectivity index (χ3v) is 2.12. The molecule has 0 aromatic heterocycles. The molecule has 3 N–H and O–H groups in total. The van der Waals surface area contributed by atoms with Crippen molar-refractivity contribution in [2.24, 2.45) is 0 Å². The molecule has 0 aliphatic heterocycles. The summed E-state index contributed by atoms with van der Waals surface area (Å²) in [6.07, 6.45) is -0.227. The number of halogens is 1. The van der Waals surface area contributed by atoms with Crippen molar-refractivity contribution >= 4 is 29.2 Å². The van der Waals surface area contributed by atoms with Gasteiger partial charge in [0.15, 0.2) is 0 Å². The normalized spacial score (nSPS) is 9.81. The van der Waals surface area contributed by atoms with Gasteiger partial charge in [-0.25, -0.2) is 4.79 Å². The summed E-state index contributed by atoms with van der Waals surface area (Å²) >= 11 is 5.68. The van der Waals surface area contributed by atoms with Gasteiger partial charge in [0.25, 0.3) is 0 Å². The first-order valence-corrected chi connectivity index (χ1v) is 4.82. The average molecular weight is 244 g/mol. The topological polar surface area (TPSA) is 89.6 Å². The summed E-state index contributed by atoms with van der Waals surface area (Å²) in [7, 11) is 0. The Balaban J connectivity index is 2.59. The van der Waals surface area contributed by atoms with Crippen molar-refractivity contribution in [2.45, 2.75) is 6.42 Å². The highest BCUT2D eigenvalue weighted by Gasteiger charge is 2.09. The van der Waals surface area contributed by atoms with Gasteiger partial charge in [-0.15, -0.1) is 0 Å². The summed E-state index contributed by atoms with van der Waals surface area (Å²) in [5.74, 6) is -1.65. The monoisotopic (exact) mass is 243 g/mol. The van der Waals surface area contributed by atoms with Crippen molar-refractivity contribution in [3.8, 4) is 0 Å². The van der Waals surface area contributed by atoms with Crippen LogP contribution in [0.4, 0.5) is 5.69 Å². The molecule has 6 heteroatoms. The standard InChI is InChI=1S/C10H10ClNO4/c11-7-2-1-6(5-8(7)12)10(15)16-4-3-9(13)14/h1-2,5H,3-4,12H2,(H,13,14). The average Bonchev–Trinajstić information content (AvgIpc) is 2.21. The van der Waals surface area contributed by atoms with Crippen molar-refractivity contribution in [1.29, 1.82) is 0 Å². The molecular weight excluding hydrogens is 234 g/mol. The van der Waals surface area contributed by atoms with Gasteiger partial charge in [-0.1, -0.05) is 11.6 Å². The highest BCUT2D eigenvalue weighted by atomic mass is 35.5. The highest BCUT2D eigenvalue weighted by Crippen LogP contribution is 2.19. The SMILES string of the molecule is Nc1cc(C(=O)OCCC(=O)O)ccc1Cl. The molecule has 0 saturated carbocycles. The van der Waals surface area contributed by atoms with Crippen LogP contribution in [-0.2, 0) is 9.53 Å². The lowest BCUT2D eigenvalue weighted by Crippen LogP contribution is -2.09. The van der Waals surface area contributed by atoms with E-state index in [4.69, 9.17) is 27.2 Å².